The molecule has 18 heavy (non-hydrogen) atoms. The van der Waals surface area contributed by atoms with Crippen LogP contribution < -0.4 is 5.32 Å². The van der Waals surface area contributed by atoms with Crippen LogP contribution in [0.25, 0.3) is 0 Å². The van der Waals surface area contributed by atoms with Crippen molar-refractivity contribution >= 4 is 11.5 Å². The van der Waals surface area contributed by atoms with E-state index < -0.39 is 4.92 Å². The molecule has 1 aliphatic rings. The number of nitrogens with one attached hydrogen (secondary N) is 1. The van der Waals surface area contributed by atoms with E-state index in [9.17, 15) is 10.1 Å². The SMILES string of the molecule is N#Cc1ccc([N+](=O)[O-])c(NC[C@@H]2CCCO2)n1. The number of nitriles is 1. The van der Waals surface area contributed by atoms with Gasteiger partial charge in [0.2, 0.25) is 5.82 Å². The molecule has 0 saturated carbocycles. The van der Waals surface area contributed by atoms with Gasteiger partial charge in [-0.25, -0.2) is 4.98 Å². The standard InChI is InChI=1S/C11H12N4O3/c12-6-8-3-4-10(15(16)17)11(14-8)13-7-9-2-1-5-18-9/h3-4,9H,1-2,5,7H2,(H,13,14)/t9-/m0/s1. The molecule has 0 bridgehead atoms. The smallest absolute Gasteiger partial charge is 0.311 e. The molecule has 1 atom stereocenters. The third kappa shape index (κ3) is 2.73. The first-order valence-corrected chi connectivity index (χ1v) is 5.61. The highest BCUT2D eigenvalue weighted by Crippen LogP contribution is 2.22. The molecule has 2 rings (SSSR count). The molecule has 0 amide bonds. The van der Waals surface area contributed by atoms with E-state index in [0.717, 1.165) is 19.4 Å². The van der Waals surface area contributed by atoms with Crippen molar-refractivity contribution in [2.75, 3.05) is 18.5 Å². The van der Waals surface area contributed by atoms with Crippen LogP contribution in [0, 0.1) is 21.4 Å². The molecule has 2 heterocycles. The van der Waals surface area contributed by atoms with Gasteiger partial charge >= 0.3 is 5.69 Å². The van der Waals surface area contributed by atoms with Gasteiger partial charge in [-0.15, -0.1) is 0 Å². The van der Waals surface area contributed by atoms with Crippen molar-refractivity contribution in [2.24, 2.45) is 0 Å². The van der Waals surface area contributed by atoms with Gasteiger partial charge in [-0.1, -0.05) is 0 Å². The zero-order chi connectivity index (χ0) is 13.0. The fourth-order valence-electron chi connectivity index (χ4n) is 1.81. The topological polar surface area (TPSA) is 101 Å². The van der Waals surface area contributed by atoms with E-state index in [0.29, 0.717) is 6.54 Å². The second kappa shape index (κ2) is 5.42. The van der Waals surface area contributed by atoms with E-state index in [1.807, 2.05) is 6.07 Å². The molecule has 1 aromatic heterocycles. The first-order valence-electron chi connectivity index (χ1n) is 5.61. The maximum atomic E-state index is 10.8. The van der Waals surface area contributed by atoms with Crippen LogP contribution in [-0.2, 0) is 4.74 Å². The molecule has 7 heteroatoms. The number of hydrogen-bond donors (Lipinski definition) is 1. The molecule has 0 aromatic carbocycles. The van der Waals surface area contributed by atoms with Gasteiger partial charge in [0.05, 0.1) is 11.0 Å². The maximum absolute atomic E-state index is 10.8. The second-order valence-corrected chi connectivity index (χ2v) is 3.95. The average Bonchev–Trinajstić information content (AvgIpc) is 2.88. The summed E-state index contributed by atoms with van der Waals surface area (Å²) in [6.07, 6.45) is 1.98. The lowest BCUT2D eigenvalue weighted by molar-refractivity contribution is -0.384. The van der Waals surface area contributed by atoms with E-state index >= 15 is 0 Å². The fourth-order valence-corrected chi connectivity index (χ4v) is 1.81. The number of nitro groups is 1. The van der Waals surface area contributed by atoms with Crippen molar-refractivity contribution in [1.82, 2.24) is 4.98 Å². The lowest BCUT2D eigenvalue weighted by Gasteiger charge is -2.11. The lowest BCUT2D eigenvalue weighted by atomic mass is 10.2. The molecule has 0 unspecified atom stereocenters. The Bertz CT molecular complexity index is 492. The predicted molar refractivity (Wildman–Crippen MR) is 63.1 cm³/mol. The Morgan fingerprint density at radius 1 is 1.67 bits per heavy atom. The number of hydrogen-bond acceptors (Lipinski definition) is 6. The molecule has 0 radical (unpaired) electrons. The summed E-state index contributed by atoms with van der Waals surface area (Å²) in [5, 5.41) is 22.4. The second-order valence-electron chi connectivity index (χ2n) is 3.95. The highest BCUT2D eigenvalue weighted by molar-refractivity contribution is 5.57. The van der Waals surface area contributed by atoms with Gasteiger partial charge < -0.3 is 10.1 Å². The molecule has 94 valence electrons. The van der Waals surface area contributed by atoms with Gasteiger partial charge in [-0.05, 0) is 18.9 Å². The Labute approximate surface area is 104 Å². The molecular weight excluding hydrogens is 236 g/mol. The molecule has 7 nitrogen and oxygen atoms in total. The molecular formula is C11H12N4O3. The van der Waals surface area contributed by atoms with Crippen molar-refractivity contribution in [3.05, 3.63) is 27.9 Å². The van der Waals surface area contributed by atoms with Gasteiger partial charge in [0, 0.05) is 19.2 Å². The van der Waals surface area contributed by atoms with Crippen molar-refractivity contribution in [3.63, 3.8) is 0 Å². The van der Waals surface area contributed by atoms with Crippen LogP contribution in [0.3, 0.4) is 0 Å². The van der Waals surface area contributed by atoms with E-state index in [4.69, 9.17) is 10.00 Å². The summed E-state index contributed by atoms with van der Waals surface area (Å²) in [5.74, 6) is 0.120. The summed E-state index contributed by atoms with van der Waals surface area (Å²) >= 11 is 0. The van der Waals surface area contributed by atoms with Crippen molar-refractivity contribution < 1.29 is 9.66 Å². The van der Waals surface area contributed by atoms with E-state index in [2.05, 4.69) is 10.3 Å². The molecule has 1 aromatic rings. The van der Waals surface area contributed by atoms with Gasteiger partial charge in [-0.3, -0.25) is 10.1 Å². The van der Waals surface area contributed by atoms with Crippen LogP contribution in [0.5, 0.6) is 0 Å². The molecule has 1 fully saturated rings. The summed E-state index contributed by atoms with van der Waals surface area (Å²) in [7, 11) is 0. The van der Waals surface area contributed by atoms with Gasteiger partial charge in [-0.2, -0.15) is 5.26 Å². The van der Waals surface area contributed by atoms with E-state index in [1.54, 1.807) is 0 Å². The number of ether oxygens (including phenoxy) is 1. The van der Waals surface area contributed by atoms with Gasteiger partial charge in [0.1, 0.15) is 11.8 Å². The zero-order valence-corrected chi connectivity index (χ0v) is 9.63. The fraction of sp³-hybridized carbons (Fsp3) is 0.455. The first-order chi connectivity index (χ1) is 8.70. The average molecular weight is 248 g/mol. The molecule has 1 aliphatic heterocycles. The Kier molecular flexibility index (Phi) is 3.69. The van der Waals surface area contributed by atoms with Crippen molar-refractivity contribution in [1.29, 1.82) is 5.26 Å². The van der Waals surface area contributed by atoms with Gasteiger partial charge in [0.15, 0.2) is 0 Å². The zero-order valence-electron chi connectivity index (χ0n) is 9.63. The van der Waals surface area contributed by atoms with Crippen LogP contribution in [0.4, 0.5) is 11.5 Å². The minimum absolute atomic E-state index is 0.0529. The highest BCUT2D eigenvalue weighted by Gasteiger charge is 2.19. The molecule has 1 N–H and O–H groups in total. The molecule has 0 spiro atoms. The van der Waals surface area contributed by atoms with Crippen molar-refractivity contribution in [3.8, 4) is 6.07 Å². The van der Waals surface area contributed by atoms with Crippen molar-refractivity contribution in [2.45, 2.75) is 18.9 Å². The number of pyridine rings is 1. The monoisotopic (exact) mass is 248 g/mol. The number of rotatable bonds is 4. The van der Waals surface area contributed by atoms with E-state index in [1.165, 1.54) is 12.1 Å². The molecule has 1 saturated heterocycles. The third-order valence-electron chi connectivity index (χ3n) is 2.71. The minimum atomic E-state index is -0.522. The first kappa shape index (κ1) is 12.3. The van der Waals surface area contributed by atoms with Crippen LogP contribution >= 0.6 is 0 Å². The summed E-state index contributed by atoms with van der Waals surface area (Å²) < 4.78 is 5.41. The maximum Gasteiger partial charge on any atom is 0.311 e. The third-order valence-corrected chi connectivity index (χ3v) is 2.71. The summed E-state index contributed by atoms with van der Waals surface area (Å²) in [5.41, 5.74) is 0.0161. The van der Waals surface area contributed by atoms with E-state index in [-0.39, 0.29) is 23.3 Å². The number of anilines is 1. The van der Waals surface area contributed by atoms with Crippen LogP contribution in [0.1, 0.15) is 18.5 Å². The lowest BCUT2D eigenvalue weighted by Crippen LogP contribution is -2.19. The van der Waals surface area contributed by atoms with Crippen LogP contribution in [0.2, 0.25) is 0 Å². The number of nitrogens with zero attached hydrogens (tertiary/aromatic N) is 3. The Morgan fingerprint density at radius 3 is 3.11 bits per heavy atom. The summed E-state index contributed by atoms with van der Waals surface area (Å²) in [4.78, 5) is 14.2. The quantitative estimate of drug-likeness (QED) is 0.639. The minimum Gasteiger partial charge on any atom is -0.376 e. The van der Waals surface area contributed by atoms with Crippen LogP contribution in [-0.4, -0.2) is 29.2 Å². The van der Waals surface area contributed by atoms with Gasteiger partial charge in [0.25, 0.3) is 0 Å². The number of aromatic nitrogens is 1. The Hall–Kier alpha value is -2.20. The predicted octanol–water partition coefficient (Wildman–Crippen LogP) is 1.45. The Balaban J connectivity index is 2.13. The largest absolute Gasteiger partial charge is 0.376 e. The van der Waals surface area contributed by atoms with Crippen LogP contribution in [0.15, 0.2) is 12.1 Å². The highest BCUT2D eigenvalue weighted by atomic mass is 16.6. The normalized spacial score (nSPS) is 18.3. The Morgan fingerprint density at radius 2 is 2.50 bits per heavy atom. The molecule has 0 aliphatic carbocycles. The summed E-state index contributed by atoms with van der Waals surface area (Å²) in [6, 6.07) is 4.47. The summed E-state index contributed by atoms with van der Waals surface area (Å²) in [6.45, 7) is 1.18.